The van der Waals surface area contributed by atoms with Gasteiger partial charge in [-0.05, 0) is 54.6 Å². The normalized spacial score (nSPS) is 9.81. The van der Waals surface area contributed by atoms with Crippen LogP contribution in [0, 0.1) is 11.3 Å². The molecule has 0 atom stereocenters. The van der Waals surface area contributed by atoms with Crippen LogP contribution >= 0.6 is 0 Å². The second-order valence-corrected chi connectivity index (χ2v) is 5.42. The Morgan fingerprint density at radius 1 is 0.846 bits per heavy atom. The van der Waals surface area contributed by atoms with E-state index in [2.05, 4.69) is 15.6 Å². The third kappa shape index (κ3) is 4.10. The minimum Gasteiger partial charge on any atom is -0.322 e. The number of nitrogens with one attached hydrogen (secondary N) is 2. The topological polar surface area (TPSA) is 94.9 Å². The number of aromatic nitrogens is 1. The number of benzene rings is 2. The molecule has 0 aliphatic heterocycles. The highest BCUT2D eigenvalue weighted by Gasteiger charge is 2.09. The SMILES string of the molecule is N#Cc1cccc(C(=O)Nc2ccc(C(=O)Nc3cccnc3)cc2)c1. The predicted octanol–water partition coefficient (Wildman–Crippen LogP) is 3.46. The van der Waals surface area contributed by atoms with E-state index in [1.165, 1.54) is 6.07 Å². The van der Waals surface area contributed by atoms with Crippen LogP contribution in [0.2, 0.25) is 0 Å². The lowest BCUT2D eigenvalue weighted by Gasteiger charge is -2.08. The van der Waals surface area contributed by atoms with Gasteiger partial charge in [0.25, 0.3) is 11.8 Å². The molecule has 6 heteroatoms. The molecule has 0 saturated carbocycles. The number of hydrogen-bond acceptors (Lipinski definition) is 4. The molecule has 26 heavy (non-hydrogen) atoms. The van der Waals surface area contributed by atoms with Gasteiger partial charge >= 0.3 is 0 Å². The van der Waals surface area contributed by atoms with Gasteiger partial charge in [0.05, 0.1) is 23.5 Å². The first-order valence-electron chi connectivity index (χ1n) is 7.79. The highest BCUT2D eigenvalue weighted by Crippen LogP contribution is 2.14. The molecule has 0 aliphatic rings. The molecule has 2 amide bonds. The van der Waals surface area contributed by atoms with Gasteiger partial charge in [-0.25, -0.2) is 0 Å². The van der Waals surface area contributed by atoms with E-state index >= 15 is 0 Å². The largest absolute Gasteiger partial charge is 0.322 e. The van der Waals surface area contributed by atoms with Gasteiger partial charge in [-0.1, -0.05) is 6.07 Å². The fraction of sp³-hybridized carbons (Fsp3) is 0. The van der Waals surface area contributed by atoms with E-state index in [0.29, 0.717) is 28.1 Å². The quantitative estimate of drug-likeness (QED) is 0.759. The second kappa shape index (κ2) is 7.73. The zero-order valence-corrected chi connectivity index (χ0v) is 13.6. The van der Waals surface area contributed by atoms with Crippen LogP contribution in [-0.4, -0.2) is 16.8 Å². The Bertz CT molecular complexity index is 977. The maximum absolute atomic E-state index is 12.2. The van der Waals surface area contributed by atoms with Gasteiger partial charge in [-0.2, -0.15) is 5.26 Å². The molecule has 0 unspecified atom stereocenters. The lowest BCUT2D eigenvalue weighted by molar-refractivity contribution is 0.102. The summed E-state index contributed by atoms with van der Waals surface area (Å²) in [6.45, 7) is 0. The van der Waals surface area contributed by atoms with E-state index in [1.807, 2.05) is 6.07 Å². The second-order valence-electron chi connectivity index (χ2n) is 5.42. The Labute approximate surface area is 150 Å². The summed E-state index contributed by atoms with van der Waals surface area (Å²) in [6, 6.07) is 18.4. The molecule has 3 aromatic rings. The molecule has 126 valence electrons. The highest BCUT2D eigenvalue weighted by atomic mass is 16.2. The summed E-state index contributed by atoms with van der Waals surface area (Å²) in [5, 5.41) is 14.4. The van der Waals surface area contributed by atoms with Crippen molar-refractivity contribution in [2.75, 3.05) is 10.6 Å². The zero-order valence-electron chi connectivity index (χ0n) is 13.6. The first kappa shape index (κ1) is 16.9. The molecule has 1 aromatic heterocycles. The van der Waals surface area contributed by atoms with E-state index in [1.54, 1.807) is 67.0 Å². The minimum absolute atomic E-state index is 0.266. The molecule has 0 spiro atoms. The molecule has 1 heterocycles. The summed E-state index contributed by atoms with van der Waals surface area (Å²) in [5.41, 5.74) is 2.42. The molecule has 3 rings (SSSR count). The molecule has 0 bridgehead atoms. The minimum atomic E-state index is -0.324. The molecular formula is C20H14N4O2. The first-order chi connectivity index (χ1) is 12.7. The monoisotopic (exact) mass is 342 g/mol. The molecule has 2 aromatic carbocycles. The van der Waals surface area contributed by atoms with E-state index in [9.17, 15) is 9.59 Å². The summed E-state index contributed by atoms with van der Waals surface area (Å²) in [6.07, 6.45) is 3.18. The van der Waals surface area contributed by atoms with Crippen molar-refractivity contribution >= 4 is 23.2 Å². The smallest absolute Gasteiger partial charge is 0.255 e. The summed E-state index contributed by atoms with van der Waals surface area (Å²) in [5.74, 6) is -0.591. The Kier molecular flexibility index (Phi) is 5.01. The molecule has 0 fully saturated rings. The number of amides is 2. The first-order valence-corrected chi connectivity index (χ1v) is 7.79. The molecule has 2 N–H and O–H groups in total. The number of pyridine rings is 1. The summed E-state index contributed by atoms with van der Waals surface area (Å²) < 4.78 is 0. The Morgan fingerprint density at radius 2 is 1.58 bits per heavy atom. The Balaban J connectivity index is 1.66. The van der Waals surface area contributed by atoms with Gasteiger partial charge in [0.15, 0.2) is 0 Å². The van der Waals surface area contributed by atoms with E-state index < -0.39 is 0 Å². The number of rotatable bonds is 4. The van der Waals surface area contributed by atoms with Gasteiger partial charge in [0.2, 0.25) is 0 Å². The third-order valence-electron chi connectivity index (χ3n) is 3.58. The molecule has 0 aliphatic carbocycles. The van der Waals surface area contributed by atoms with Gasteiger partial charge in [0.1, 0.15) is 0 Å². The molecule has 6 nitrogen and oxygen atoms in total. The van der Waals surface area contributed by atoms with Crippen molar-refractivity contribution in [3.8, 4) is 6.07 Å². The van der Waals surface area contributed by atoms with Crippen LogP contribution in [-0.2, 0) is 0 Å². The molecular weight excluding hydrogens is 328 g/mol. The molecule has 0 saturated heterocycles. The number of nitrogens with zero attached hydrogens (tertiary/aromatic N) is 2. The van der Waals surface area contributed by atoms with Crippen molar-refractivity contribution in [1.29, 1.82) is 5.26 Å². The van der Waals surface area contributed by atoms with Gasteiger partial charge in [0, 0.05) is 23.0 Å². The average molecular weight is 342 g/mol. The number of carbonyl (C=O) groups is 2. The van der Waals surface area contributed by atoms with Crippen LogP contribution in [0.15, 0.2) is 73.1 Å². The maximum atomic E-state index is 12.2. The standard InChI is InChI=1S/C20H14N4O2/c21-12-14-3-1-4-16(11-14)20(26)23-17-8-6-15(7-9-17)19(25)24-18-5-2-10-22-13-18/h1-11,13H,(H,23,26)(H,24,25). The van der Waals surface area contributed by atoms with E-state index in [0.717, 1.165) is 0 Å². The fourth-order valence-corrected chi connectivity index (χ4v) is 2.28. The summed E-state index contributed by atoms with van der Waals surface area (Å²) >= 11 is 0. The van der Waals surface area contributed by atoms with E-state index in [4.69, 9.17) is 5.26 Å². The van der Waals surface area contributed by atoms with E-state index in [-0.39, 0.29) is 11.8 Å². The zero-order chi connectivity index (χ0) is 18.4. The number of carbonyl (C=O) groups excluding carboxylic acids is 2. The van der Waals surface area contributed by atoms with Gasteiger partial charge < -0.3 is 10.6 Å². The van der Waals surface area contributed by atoms with Crippen LogP contribution in [0.3, 0.4) is 0 Å². The average Bonchev–Trinajstić information content (AvgIpc) is 2.69. The number of nitriles is 1. The Morgan fingerprint density at radius 3 is 2.27 bits per heavy atom. The third-order valence-corrected chi connectivity index (χ3v) is 3.58. The van der Waals surface area contributed by atoms with Crippen molar-refractivity contribution in [2.45, 2.75) is 0 Å². The van der Waals surface area contributed by atoms with Crippen LogP contribution in [0.5, 0.6) is 0 Å². The molecule has 0 radical (unpaired) electrons. The summed E-state index contributed by atoms with van der Waals surface area (Å²) in [7, 11) is 0. The van der Waals surface area contributed by atoms with Crippen LogP contribution in [0.25, 0.3) is 0 Å². The fourth-order valence-electron chi connectivity index (χ4n) is 2.28. The summed E-state index contributed by atoms with van der Waals surface area (Å²) in [4.78, 5) is 28.4. The van der Waals surface area contributed by atoms with Gasteiger partial charge in [-0.15, -0.1) is 0 Å². The van der Waals surface area contributed by atoms with Crippen molar-refractivity contribution in [2.24, 2.45) is 0 Å². The Hall–Kier alpha value is -3.98. The predicted molar refractivity (Wildman–Crippen MR) is 97.7 cm³/mol. The van der Waals surface area contributed by atoms with Crippen molar-refractivity contribution < 1.29 is 9.59 Å². The lowest BCUT2D eigenvalue weighted by Crippen LogP contribution is -2.14. The lowest BCUT2D eigenvalue weighted by atomic mass is 10.1. The van der Waals surface area contributed by atoms with Gasteiger partial charge in [-0.3, -0.25) is 14.6 Å². The van der Waals surface area contributed by atoms with Crippen molar-refractivity contribution in [3.05, 3.63) is 89.7 Å². The van der Waals surface area contributed by atoms with Crippen LogP contribution in [0.1, 0.15) is 26.3 Å². The number of hydrogen-bond donors (Lipinski definition) is 2. The van der Waals surface area contributed by atoms with Crippen molar-refractivity contribution in [1.82, 2.24) is 4.98 Å². The number of anilines is 2. The van der Waals surface area contributed by atoms with Crippen LogP contribution < -0.4 is 10.6 Å². The van der Waals surface area contributed by atoms with Crippen LogP contribution in [0.4, 0.5) is 11.4 Å². The highest BCUT2D eigenvalue weighted by molar-refractivity contribution is 6.06. The van der Waals surface area contributed by atoms with Crippen molar-refractivity contribution in [3.63, 3.8) is 0 Å². The maximum Gasteiger partial charge on any atom is 0.255 e.